The van der Waals surface area contributed by atoms with Crippen molar-refractivity contribution in [3.63, 3.8) is 0 Å². The molecule has 1 aromatic heterocycles. The molecule has 4 aromatic rings. The number of thiazole rings is 1. The average Bonchev–Trinajstić information content (AvgIpc) is 3.18. The molecule has 138 valence electrons. The molecule has 5 heteroatoms. The molecular weight excluding hydrogens is 371 g/mol. The van der Waals surface area contributed by atoms with Crippen LogP contribution >= 0.6 is 11.3 Å². The number of hydrogen-bond acceptors (Lipinski definition) is 3. The maximum absolute atomic E-state index is 13.5. The van der Waals surface area contributed by atoms with Gasteiger partial charge in [-0.3, -0.25) is 4.79 Å². The van der Waals surface area contributed by atoms with Crippen molar-refractivity contribution < 1.29 is 9.18 Å². The number of aromatic nitrogens is 1. The van der Waals surface area contributed by atoms with Crippen molar-refractivity contribution in [3.8, 4) is 10.4 Å². The zero-order valence-electron chi connectivity index (χ0n) is 14.9. The third kappa shape index (κ3) is 4.00. The first-order valence-electron chi connectivity index (χ1n) is 8.83. The summed E-state index contributed by atoms with van der Waals surface area (Å²) in [6.45, 7) is 0. The van der Waals surface area contributed by atoms with Crippen molar-refractivity contribution in [1.82, 2.24) is 4.98 Å². The van der Waals surface area contributed by atoms with Crippen molar-refractivity contribution in [2.24, 2.45) is 0 Å². The van der Waals surface area contributed by atoms with Crippen LogP contribution in [-0.2, 0) is 4.79 Å². The smallest absolute Gasteiger partial charge is 0.238 e. The lowest BCUT2D eigenvalue weighted by Crippen LogP contribution is -2.22. The summed E-state index contributed by atoms with van der Waals surface area (Å²) in [6.07, 6.45) is 1.65. The second kappa shape index (κ2) is 8.15. The lowest BCUT2D eigenvalue weighted by molar-refractivity contribution is -0.116. The Kier molecular flexibility index (Phi) is 5.26. The van der Waals surface area contributed by atoms with Crippen molar-refractivity contribution in [3.05, 3.63) is 108 Å². The van der Waals surface area contributed by atoms with E-state index in [1.165, 1.54) is 23.5 Å². The number of amides is 1. The summed E-state index contributed by atoms with van der Waals surface area (Å²) in [4.78, 5) is 18.2. The van der Waals surface area contributed by atoms with Gasteiger partial charge < -0.3 is 5.32 Å². The maximum atomic E-state index is 13.5. The van der Waals surface area contributed by atoms with Crippen LogP contribution in [0.25, 0.3) is 10.4 Å². The van der Waals surface area contributed by atoms with Gasteiger partial charge >= 0.3 is 0 Å². The minimum Gasteiger partial charge on any atom is -0.301 e. The molecule has 1 heterocycles. The molecule has 0 bridgehead atoms. The van der Waals surface area contributed by atoms with Crippen LogP contribution in [-0.4, -0.2) is 10.9 Å². The van der Waals surface area contributed by atoms with E-state index in [0.717, 1.165) is 21.6 Å². The molecule has 3 aromatic carbocycles. The van der Waals surface area contributed by atoms with Gasteiger partial charge in [-0.05, 0) is 28.8 Å². The van der Waals surface area contributed by atoms with E-state index >= 15 is 0 Å². The van der Waals surface area contributed by atoms with E-state index in [9.17, 15) is 9.18 Å². The van der Waals surface area contributed by atoms with Crippen molar-refractivity contribution in [2.45, 2.75) is 5.92 Å². The third-order valence-corrected chi connectivity index (χ3v) is 5.33. The topological polar surface area (TPSA) is 42.0 Å². The molecule has 3 nitrogen and oxygen atoms in total. The summed E-state index contributed by atoms with van der Waals surface area (Å²) in [5, 5.41) is 3.41. The number of anilines is 1. The third-order valence-electron chi connectivity index (χ3n) is 4.37. The van der Waals surface area contributed by atoms with Gasteiger partial charge in [-0.25, -0.2) is 9.37 Å². The molecule has 0 aliphatic rings. The fourth-order valence-electron chi connectivity index (χ4n) is 3.07. The van der Waals surface area contributed by atoms with Crippen LogP contribution < -0.4 is 5.32 Å². The predicted molar refractivity (Wildman–Crippen MR) is 111 cm³/mol. The van der Waals surface area contributed by atoms with Gasteiger partial charge in [0, 0.05) is 6.20 Å². The molecule has 0 fully saturated rings. The van der Waals surface area contributed by atoms with E-state index in [4.69, 9.17) is 0 Å². The molecule has 0 unspecified atom stereocenters. The highest BCUT2D eigenvalue weighted by Crippen LogP contribution is 2.31. The van der Waals surface area contributed by atoms with Crippen molar-refractivity contribution >= 4 is 22.4 Å². The average molecular weight is 388 g/mol. The Morgan fingerprint density at radius 2 is 1.54 bits per heavy atom. The number of rotatable bonds is 5. The van der Waals surface area contributed by atoms with Gasteiger partial charge in [-0.15, -0.1) is 0 Å². The molecule has 4 rings (SSSR count). The molecule has 0 radical (unpaired) electrons. The van der Waals surface area contributed by atoms with Gasteiger partial charge in [0.05, 0.1) is 10.8 Å². The van der Waals surface area contributed by atoms with E-state index in [1.807, 2.05) is 66.7 Å². The van der Waals surface area contributed by atoms with E-state index < -0.39 is 5.92 Å². The summed E-state index contributed by atoms with van der Waals surface area (Å²) in [6, 6.07) is 25.6. The summed E-state index contributed by atoms with van der Waals surface area (Å²) < 4.78 is 13.5. The highest BCUT2D eigenvalue weighted by molar-refractivity contribution is 7.19. The second-order valence-electron chi connectivity index (χ2n) is 6.28. The number of carbonyl (C=O) groups is 1. The number of benzene rings is 3. The zero-order valence-corrected chi connectivity index (χ0v) is 15.7. The molecule has 28 heavy (non-hydrogen) atoms. The minimum atomic E-state index is -0.441. The molecule has 1 N–H and O–H groups in total. The summed E-state index contributed by atoms with van der Waals surface area (Å²) in [5.74, 6) is -0.897. The number of nitrogens with one attached hydrogen (secondary N) is 1. The molecule has 0 atom stereocenters. The Hall–Kier alpha value is -3.31. The van der Waals surface area contributed by atoms with Crippen LogP contribution in [0.3, 0.4) is 0 Å². The van der Waals surface area contributed by atoms with Gasteiger partial charge in [0.2, 0.25) is 5.91 Å². The molecule has 0 saturated heterocycles. The van der Waals surface area contributed by atoms with Gasteiger partial charge in [-0.1, -0.05) is 84.1 Å². The Morgan fingerprint density at radius 3 is 2.14 bits per heavy atom. The fourth-order valence-corrected chi connectivity index (χ4v) is 3.89. The summed E-state index contributed by atoms with van der Waals surface area (Å²) >= 11 is 1.32. The number of hydrogen-bond donors (Lipinski definition) is 1. The lowest BCUT2D eigenvalue weighted by atomic mass is 9.90. The van der Waals surface area contributed by atoms with E-state index in [-0.39, 0.29) is 11.7 Å². The maximum Gasteiger partial charge on any atom is 0.238 e. The number of carbonyl (C=O) groups excluding carboxylic acids is 1. The number of nitrogens with zero attached hydrogens (tertiary/aromatic N) is 1. The fraction of sp³-hybridized carbons (Fsp3) is 0.0435. The quantitative estimate of drug-likeness (QED) is 0.475. The molecule has 0 aliphatic carbocycles. The van der Waals surface area contributed by atoms with Crippen LogP contribution in [0, 0.1) is 5.82 Å². The summed E-state index contributed by atoms with van der Waals surface area (Å²) in [5.41, 5.74) is 2.56. The zero-order chi connectivity index (χ0) is 19.3. The molecular formula is C23H17FN2OS. The second-order valence-corrected chi connectivity index (χ2v) is 7.31. The largest absolute Gasteiger partial charge is 0.301 e. The van der Waals surface area contributed by atoms with E-state index in [2.05, 4.69) is 10.3 Å². The SMILES string of the molecule is O=C(Nc1ncc(-c2cccc(F)c2)s1)C(c1ccccc1)c1ccccc1. The number of halogens is 1. The monoisotopic (exact) mass is 388 g/mol. The van der Waals surface area contributed by atoms with Gasteiger partial charge in [0.25, 0.3) is 0 Å². The van der Waals surface area contributed by atoms with Gasteiger partial charge in [0.1, 0.15) is 5.82 Å². The van der Waals surface area contributed by atoms with Crippen LogP contribution in [0.2, 0.25) is 0 Å². The first kappa shape index (κ1) is 18.1. The highest BCUT2D eigenvalue weighted by atomic mass is 32.1. The van der Waals surface area contributed by atoms with E-state index in [0.29, 0.717) is 5.13 Å². The van der Waals surface area contributed by atoms with Crippen molar-refractivity contribution in [2.75, 3.05) is 5.32 Å². The van der Waals surface area contributed by atoms with Crippen molar-refractivity contribution in [1.29, 1.82) is 0 Å². The lowest BCUT2D eigenvalue weighted by Gasteiger charge is -2.17. The predicted octanol–water partition coefficient (Wildman–Crippen LogP) is 5.72. The Bertz CT molecular complexity index is 1040. The van der Waals surface area contributed by atoms with Crippen LogP contribution in [0.4, 0.5) is 9.52 Å². The molecule has 1 amide bonds. The van der Waals surface area contributed by atoms with Crippen LogP contribution in [0.5, 0.6) is 0 Å². The normalized spacial score (nSPS) is 10.8. The standard InChI is InChI=1S/C23H17FN2OS/c24-19-13-7-12-18(14-19)20-15-25-23(28-20)26-22(27)21(16-8-3-1-4-9-16)17-10-5-2-6-11-17/h1-15,21H,(H,25,26,27). The summed E-state index contributed by atoms with van der Waals surface area (Å²) in [7, 11) is 0. The van der Waals surface area contributed by atoms with Gasteiger partial charge in [0.15, 0.2) is 5.13 Å². The Morgan fingerprint density at radius 1 is 0.893 bits per heavy atom. The molecule has 0 aliphatic heterocycles. The first-order valence-corrected chi connectivity index (χ1v) is 9.65. The van der Waals surface area contributed by atoms with Crippen LogP contribution in [0.1, 0.15) is 17.0 Å². The molecule has 0 spiro atoms. The minimum absolute atomic E-state index is 0.155. The Balaban J connectivity index is 1.60. The Labute approximate surface area is 166 Å². The van der Waals surface area contributed by atoms with Gasteiger partial charge in [-0.2, -0.15) is 0 Å². The van der Waals surface area contributed by atoms with Crippen LogP contribution in [0.15, 0.2) is 91.1 Å². The first-order chi connectivity index (χ1) is 13.7. The molecule has 0 saturated carbocycles. The highest BCUT2D eigenvalue weighted by Gasteiger charge is 2.23. The van der Waals surface area contributed by atoms with E-state index in [1.54, 1.807) is 12.3 Å².